The highest BCUT2D eigenvalue weighted by Gasteiger charge is 2.17. The maximum Gasteiger partial charge on any atom is 0.283 e. The van der Waals surface area contributed by atoms with E-state index >= 15 is 0 Å². The number of nitrogens with zero attached hydrogens (tertiary/aromatic N) is 2. The third-order valence-electron chi connectivity index (χ3n) is 4.00. The molecule has 1 amide bonds. The topological polar surface area (TPSA) is 96.0 Å². The molecule has 0 saturated heterocycles. The third-order valence-corrected chi connectivity index (χ3v) is 5.58. The lowest BCUT2D eigenvalue weighted by atomic mass is 10.1. The van der Waals surface area contributed by atoms with Crippen molar-refractivity contribution in [3.8, 4) is 6.07 Å². The third kappa shape index (κ3) is 6.09. The number of hydrogen-bond donors (Lipinski definition) is 1. The zero-order chi connectivity index (χ0) is 22.4. The van der Waals surface area contributed by atoms with Gasteiger partial charge in [-0.2, -0.15) is 5.26 Å². The minimum Gasteiger partial charge on any atom is -0.321 e. The summed E-state index contributed by atoms with van der Waals surface area (Å²) >= 11 is 12.9. The number of benzene rings is 3. The van der Waals surface area contributed by atoms with E-state index in [9.17, 15) is 20.2 Å². The van der Waals surface area contributed by atoms with Crippen molar-refractivity contribution >= 4 is 58.3 Å². The Labute approximate surface area is 192 Å². The van der Waals surface area contributed by atoms with E-state index in [1.807, 2.05) is 6.07 Å². The minimum absolute atomic E-state index is 0.135. The number of nitro benzene ring substituents is 1. The van der Waals surface area contributed by atoms with Gasteiger partial charge >= 0.3 is 0 Å². The molecule has 0 heterocycles. The van der Waals surface area contributed by atoms with Crippen molar-refractivity contribution in [3.05, 3.63) is 98.0 Å². The second-order valence-corrected chi connectivity index (χ2v) is 8.16. The van der Waals surface area contributed by atoms with E-state index in [1.165, 1.54) is 23.9 Å². The lowest BCUT2D eigenvalue weighted by Crippen LogP contribution is -2.13. The van der Waals surface area contributed by atoms with Crippen LogP contribution in [0, 0.1) is 21.4 Å². The van der Waals surface area contributed by atoms with Crippen LogP contribution in [0.15, 0.2) is 82.1 Å². The van der Waals surface area contributed by atoms with Gasteiger partial charge in [-0.3, -0.25) is 14.9 Å². The number of nitrogens with one attached hydrogen (secondary N) is 1. The molecule has 3 aromatic carbocycles. The number of rotatable bonds is 6. The Morgan fingerprint density at radius 2 is 1.65 bits per heavy atom. The Balaban J connectivity index is 1.85. The summed E-state index contributed by atoms with van der Waals surface area (Å²) < 4.78 is 0. The summed E-state index contributed by atoms with van der Waals surface area (Å²) in [7, 11) is 0. The van der Waals surface area contributed by atoms with Gasteiger partial charge in [0.05, 0.1) is 9.82 Å². The lowest BCUT2D eigenvalue weighted by molar-refractivity contribution is -0.387. The van der Waals surface area contributed by atoms with Crippen LogP contribution in [0.4, 0.5) is 11.4 Å². The second-order valence-electron chi connectivity index (χ2n) is 6.17. The van der Waals surface area contributed by atoms with E-state index < -0.39 is 10.8 Å². The maximum absolute atomic E-state index is 12.4. The van der Waals surface area contributed by atoms with Crippen LogP contribution in [0.25, 0.3) is 6.08 Å². The van der Waals surface area contributed by atoms with E-state index in [1.54, 1.807) is 60.7 Å². The first-order valence-electron chi connectivity index (χ1n) is 8.76. The number of anilines is 1. The van der Waals surface area contributed by atoms with E-state index in [4.69, 9.17) is 23.2 Å². The SMILES string of the molecule is N#C/C(=C/c1ccc(Sc2ccc(Cl)cc2)c([N+](=O)[O-])c1)C(=O)Nc1ccc(Cl)cc1. The summed E-state index contributed by atoms with van der Waals surface area (Å²) in [6.45, 7) is 0. The maximum atomic E-state index is 12.4. The summed E-state index contributed by atoms with van der Waals surface area (Å²) in [5, 5.41) is 24.6. The summed E-state index contributed by atoms with van der Waals surface area (Å²) in [6, 6.07) is 19.7. The lowest BCUT2D eigenvalue weighted by Gasteiger charge is -2.06. The van der Waals surface area contributed by atoms with Gasteiger partial charge in [0.15, 0.2) is 0 Å². The highest BCUT2D eigenvalue weighted by atomic mass is 35.5. The fraction of sp³-hybridized carbons (Fsp3) is 0. The molecule has 0 aliphatic rings. The zero-order valence-electron chi connectivity index (χ0n) is 15.7. The molecule has 154 valence electrons. The van der Waals surface area contributed by atoms with Crippen LogP contribution in [-0.4, -0.2) is 10.8 Å². The van der Waals surface area contributed by atoms with E-state index in [2.05, 4.69) is 5.32 Å². The van der Waals surface area contributed by atoms with Gasteiger partial charge in [0.2, 0.25) is 0 Å². The molecule has 0 spiro atoms. The Morgan fingerprint density at radius 3 is 2.23 bits per heavy atom. The number of halogens is 2. The van der Waals surface area contributed by atoms with Crippen molar-refractivity contribution in [2.45, 2.75) is 9.79 Å². The summed E-state index contributed by atoms with van der Waals surface area (Å²) in [5.74, 6) is -0.632. The van der Waals surface area contributed by atoms with E-state index in [-0.39, 0.29) is 11.3 Å². The molecule has 0 fully saturated rings. The number of carbonyl (C=O) groups is 1. The Bertz CT molecular complexity index is 1200. The largest absolute Gasteiger partial charge is 0.321 e. The van der Waals surface area contributed by atoms with Crippen molar-refractivity contribution in [1.82, 2.24) is 0 Å². The quantitative estimate of drug-likeness (QED) is 0.190. The average Bonchev–Trinajstić information content (AvgIpc) is 2.75. The summed E-state index contributed by atoms with van der Waals surface area (Å²) in [5.41, 5.74) is 0.498. The van der Waals surface area contributed by atoms with Gasteiger partial charge in [0, 0.05) is 26.7 Å². The van der Waals surface area contributed by atoms with Gasteiger partial charge < -0.3 is 5.32 Å². The number of carbonyl (C=O) groups excluding carboxylic acids is 1. The van der Waals surface area contributed by atoms with Gasteiger partial charge in [-0.25, -0.2) is 0 Å². The molecule has 9 heteroatoms. The molecular formula is C22H13Cl2N3O3S. The molecule has 0 radical (unpaired) electrons. The second kappa shape index (κ2) is 10.1. The van der Waals surface area contributed by atoms with Crippen molar-refractivity contribution in [2.24, 2.45) is 0 Å². The molecule has 0 aliphatic carbocycles. The monoisotopic (exact) mass is 469 g/mol. The zero-order valence-corrected chi connectivity index (χ0v) is 18.0. The smallest absolute Gasteiger partial charge is 0.283 e. The molecule has 0 bridgehead atoms. The van der Waals surface area contributed by atoms with Gasteiger partial charge in [-0.05, 0) is 66.2 Å². The first kappa shape index (κ1) is 22.4. The fourth-order valence-corrected chi connectivity index (χ4v) is 3.68. The van der Waals surface area contributed by atoms with E-state index in [0.717, 1.165) is 4.90 Å². The van der Waals surface area contributed by atoms with Crippen LogP contribution in [-0.2, 0) is 4.79 Å². The summed E-state index contributed by atoms with van der Waals surface area (Å²) in [4.78, 5) is 24.7. The minimum atomic E-state index is -0.632. The van der Waals surface area contributed by atoms with Crippen molar-refractivity contribution in [1.29, 1.82) is 5.26 Å². The number of amides is 1. The van der Waals surface area contributed by atoms with Gasteiger partial charge in [-0.1, -0.05) is 41.0 Å². The van der Waals surface area contributed by atoms with Crippen molar-refractivity contribution in [2.75, 3.05) is 5.32 Å². The predicted molar refractivity (Wildman–Crippen MR) is 122 cm³/mol. The molecule has 0 aliphatic heterocycles. The standard InChI is InChI=1S/C22H13Cl2N3O3S/c23-16-2-6-18(7-3-16)26-22(28)15(13-25)11-14-1-10-21(20(12-14)27(29)30)31-19-8-4-17(24)5-9-19/h1-12H,(H,26,28)/b15-11-. The molecule has 31 heavy (non-hydrogen) atoms. The summed E-state index contributed by atoms with van der Waals surface area (Å²) in [6.07, 6.45) is 1.30. The molecular weight excluding hydrogens is 457 g/mol. The van der Waals surface area contributed by atoms with Crippen LogP contribution in [0.2, 0.25) is 10.0 Å². The van der Waals surface area contributed by atoms with Crippen LogP contribution in [0.3, 0.4) is 0 Å². The highest BCUT2D eigenvalue weighted by molar-refractivity contribution is 7.99. The highest BCUT2D eigenvalue weighted by Crippen LogP contribution is 2.36. The molecule has 0 atom stereocenters. The van der Waals surface area contributed by atoms with Crippen LogP contribution in [0.1, 0.15) is 5.56 Å². The first-order valence-corrected chi connectivity index (χ1v) is 10.3. The first-order chi connectivity index (χ1) is 14.9. The van der Waals surface area contributed by atoms with Gasteiger partial charge in [-0.15, -0.1) is 0 Å². The average molecular weight is 470 g/mol. The number of nitro groups is 1. The Hall–Kier alpha value is -3.31. The molecule has 3 aromatic rings. The molecule has 0 aromatic heterocycles. The normalized spacial score (nSPS) is 10.9. The predicted octanol–water partition coefficient (Wildman–Crippen LogP) is 6.60. The van der Waals surface area contributed by atoms with Crippen LogP contribution in [0.5, 0.6) is 0 Å². The van der Waals surface area contributed by atoms with Crippen molar-refractivity contribution in [3.63, 3.8) is 0 Å². The molecule has 0 unspecified atom stereocenters. The van der Waals surface area contributed by atoms with Crippen LogP contribution < -0.4 is 5.32 Å². The molecule has 6 nitrogen and oxygen atoms in total. The molecule has 3 rings (SSSR count). The number of nitriles is 1. The van der Waals surface area contributed by atoms with Gasteiger partial charge in [0.25, 0.3) is 11.6 Å². The fourth-order valence-electron chi connectivity index (χ4n) is 2.53. The van der Waals surface area contributed by atoms with E-state index in [0.29, 0.717) is 26.2 Å². The number of hydrogen-bond acceptors (Lipinski definition) is 5. The van der Waals surface area contributed by atoms with Gasteiger partial charge in [0.1, 0.15) is 11.6 Å². The van der Waals surface area contributed by atoms with Crippen molar-refractivity contribution < 1.29 is 9.72 Å². The molecule has 1 N–H and O–H groups in total. The Kier molecular flexibility index (Phi) is 7.32. The Morgan fingerprint density at radius 1 is 1.03 bits per heavy atom. The molecule has 0 saturated carbocycles. The van der Waals surface area contributed by atoms with Crippen LogP contribution >= 0.6 is 35.0 Å².